The Bertz CT molecular complexity index is 891. The fraction of sp³-hybridized carbons (Fsp3) is 0.250. The van der Waals surface area contributed by atoms with Crippen molar-refractivity contribution in [3.8, 4) is 0 Å². The normalized spacial score (nSPS) is 11.6. The zero-order chi connectivity index (χ0) is 15.0. The van der Waals surface area contributed by atoms with Crippen molar-refractivity contribution in [2.75, 3.05) is 0 Å². The van der Waals surface area contributed by atoms with Crippen molar-refractivity contribution in [1.29, 1.82) is 0 Å². The number of aromatic nitrogens is 5. The summed E-state index contributed by atoms with van der Waals surface area (Å²) in [6, 6.07) is 1.72. The van der Waals surface area contributed by atoms with Crippen LogP contribution in [0.2, 0.25) is 0 Å². The van der Waals surface area contributed by atoms with Gasteiger partial charge in [-0.15, -0.1) is 0 Å². The summed E-state index contributed by atoms with van der Waals surface area (Å²) < 4.78 is 28.3. The molecule has 21 heavy (non-hydrogen) atoms. The Morgan fingerprint density at radius 3 is 3.00 bits per heavy atom. The van der Waals surface area contributed by atoms with E-state index in [1.54, 1.807) is 16.8 Å². The zero-order valence-electron chi connectivity index (χ0n) is 10.7. The molecule has 0 unspecified atom stereocenters. The number of halogens is 2. The average Bonchev–Trinajstić information content (AvgIpc) is 3.03. The topological polar surface area (TPSA) is 71.4 Å². The number of rotatable bonds is 4. The maximum absolute atomic E-state index is 12.5. The Balaban J connectivity index is 2.07. The molecule has 110 valence electrons. The highest BCUT2D eigenvalue weighted by Crippen LogP contribution is 2.12. The Morgan fingerprint density at radius 2 is 2.24 bits per heavy atom. The van der Waals surface area contributed by atoms with Gasteiger partial charge < -0.3 is 14.1 Å². The van der Waals surface area contributed by atoms with Crippen molar-refractivity contribution in [2.24, 2.45) is 0 Å². The number of fused-ring (bicyclic) bond motifs is 1. The molecule has 2 N–H and O–H groups in total. The summed E-state index contributed by atoms with van der Waals surface area (Å²) in [6.07, 6.45) is 2.02. The molecule has 0 fully saturated rings. The summed E-state index contributed by atoms with van der Waals surface area (Å²) in [7, 11) is 0. The minimum atomic E-state index is -2.46. The number of hydrogen-bond acceptors (Lipinski definition) is 3. The van der Waals surface area contributed by atoms with Gasteiger partial charge in [-0.2, -0.15) is 0 Å². The van der Waals surface area contributed by atoms with Gasteiger partial charge in [-0.3, -0.25) is 9.78 Å². The van der Waals surface area contributed by atoms with Crippen molar-refractivity contribution in [3.63, 3.8) is 0 Å². The lowest BCUT2D eigenvalue weighted by Crippen LogP contribution is -2.17. The third-order valence-corrected chi connectivity index (χ3v) is 3.48. The molecule has 9 heteroatoms. The lowest BCUT2D eigenvalue weighted by molar-refractivity contribution is 0.125. The fourth-order valence-corrected chi connectivity index (χ4v) is 2.47. The molecule has 6 nitrogen and oxygen atoms in total. The summed E-state index contributed by atoms with van der Waals surface area (Å²) in [5.41, 5.74) is 1.29. The maximum Gasteiger partial charge on any atom is 0.276 e. The van der Waals surface area contributed by atoms with Crippen LogP contribution in [0.4, 0.5) is 8.78 Å². The number of nitrogens with zero attached hydrogens (tertiary/aromatic N) is 3. The van der Waals surface area contributed by atoms with Gasteiger partial charge in [-0.25, -0.2) is 13.8 Å². The fourth-order valence-electron chi connectivity index (χ4n) is 2.22. The molecule has 0 aliphatic carbocycles. The van der Waals surface area contributed by atoms with E-state index in [0.29, 0.717) is 16.7 Å². The minimum absolute atomic E-state index is 0.233. The number of H-pyrrole nitrogens is 2. The largest absolute Gasteiger partial charge is 0.355 e. The molecule has 0 saturated carbocycles. The molecular weight excluding hydrogens is 300 g/mol. The van der Waals surface area contributed by atoms with Crippen molar-refractivity contribution >= 4 is 23.3 Å². The first-order chi connectivity index (χ1) is 10.1. The van der Waals surface area contributed by atoms with Gasteiger partial charge in [0.15, 0.2) is 4.77 Å². The number of nitrogens with one attached hydrogen (secondary N) is 2. The van der Waals surface area contributed by atoms with Gasteiger partial charge in [0, 0.05) is 12.4 Å². The van der Waals surface area contributed by atoms with Crippen molar-refractivity contribution in [3.05, 3.63) is 45.6 Å². The van der Waals surface area contributed by atoms with Crippen LogP contribution in [0.15, 0.2) is 29.6 Å². The maximum atomic E-state index is 12.5. The molecular formula is C12H11F2N5OS. The van der Waals surface area contributed by atoms with Crippen LogP contribution in [0, 0.1) is 4.77 Å². The van der Waals surface area contributed by atoms with Gasteiger partial charge in [-0.1, -0.05) is 0 Å². The number of imidazole rings is 1. The van der Waals surface area contributed by atoms with Crippen LogP contribution in [-0.2, 0) is 13.1 Å². The highest BCUT2D eigenvalue weighted by atomic mass is 32.1. The molecule has 0 aliphatic heterocycles. The van der Waals surface area contributed by atoms with Crippen LogP contribution in [-0.4, -0.2) is 30.5 Å². The highest BCUT2D eigenvalue weighted by Gasteiger charge is 2.12. The quantitative estimate of drug-likeness (QED) is 0.723. The molecule has 0 saturated heterocycles. The third-order valence-electron chi connectivity index (χ3n) is 3.16. The summed E-state index contributed by atoms with van der Waals surface area (Å²) in [4.78, 5) is 21.0. The summed E-state index contributed by atoms with van der Waals surface area (Å²) in [5, 5.41) is 0. The lowest BCUT2D eigenvalue weighted by Gasteiger charge is -2.11. The summed E-state index contributed by atoms with van der Waals surface area (Å²) >= 11 is 5.15. The van der Waals surface area contributed by atoms with Gasteiger partial charge >= 0.3 is 0 Å². The van der Waals surface area contributed by atoms with Gasteiger partial charge in [0.1, 0.15) is 5.52 Å². The van der Waals surface area contributed by atoms with Gasteiger partial charge in [0.05, 0.1) is 30.6 Å². The molecule has 3 rings (SSSR count). The molecule has 0 radical (unpaired) electrons. The zero-order valence-corrected chi connectivity index (χ0v) is 11.5. The van der Waals surface area contributed by atoms with E-state index in [1.807, 2.05) is 0 Å². The number of aromatic amines is 2. The second-order valence-electron chi connectivity index (χ2n) is 4.51. The Labute approximate surface area is 122 Å². The van der Waals surface area contributed by atoms with Gasteiger partial charge in [-0.05, 0) is 18.3 Å². The van der Waals surface area contributed by atoms with Crippen molar-refractivity contribution in [1.82, 2.24) is 24.1 Å². The van der Waals surface area contributed by atoms with Crippen LogP contribution in [0.1, 0.15) is 5.69 Å². The smallest absolute Gasteiger partial charge is 0.276 e. The van der Waals surface area contributed by atoms with Gasteiger partial charge in [0.25, 0.3) is 12.0 Å². The standard InChI is InChI=1S/C12H11F2N5OS/c13-9(14)5-18-6-15-3-7(18)4-19-8-1-2-16-10(8)11(20)17-12(19)21/h1-3,6,9,16H,4-5H2,(H,17,20,21). The minimum Gasteiger partial charge on any atom is -0.355 e. The molecule has 0 atom stereocenters. The molecule has 3 aromatic heterocycles. The third kappa shape index (κ3) is 2.51. The predicted molar refractivity (Wildman–Crippen MR) is 75.1 cm³/mol. The van der Waals surface area contributed by atoms with Crippen LogP contribution in [0.5, 0.6) is 0 Å². The second kappa shape index (κ2) is 5.24. The Morgan fingerprint density at radius 1 is 1.43 bits per heavy atom. The van der Waals surface area contributed by atoms with E-state index in [1.165, 1.54) is 17.1 Å². The van der Waals surface area contributed by atoms with Crippen LogP contribution in [0.3, 0.4) is 0 Å². The van der Waals surface area contributed by atoms with Crippen LogP contribution < -0.4 is 5.56 Å². The molecule has 3 aromatic rings. The molecule has 3 heterocycles. The molecule has 0 aliphatic rings. The van der Waals surface area contributed by atoms with E-state index in [-0.39, 0.29) is 16.9 Å². The number of alkyl halides is 2. The lowest BCUT2D eigenvalue weighted by atomic mass is 10.4. The first kappa shape index (κ1) is 13.7. The first-order valence-corrected chi connectivity index (χ1v) is 6.54. The highest BCUT2D eigenvalue weighted by molar-refractivity contribution is 7.71. The van der Waals surface area contributed by atoms with E-state index >= 15 is 0 Å². The summed E-state index contributed by atoms with van der Waals surface area (Å²) in [5.74, 6) is 0. The van der Waals surface area contributed by atoms with E-state index < -0.39 is 13.0 Å². The first-order valence-electron chi connectivity index (χ1n) is 6.13. The monoisotopic (exact) mass is 311 g/mol. The molecule has 0 spiro atoms. The van der Waals surface area contributed by atoms with E-state index in [0.717, 1.165) is 0 Å². The van der Waals surface area contributed by atoms with E-state index in [9.17, 15) is 13.6 Å². The average molecular weight is 311 g/mol. The van der Waals surface area contributed by atoms with Gasteiger partial charge in [0.2, 0.25) is 0 Å². The molecule has 0 aromatic carbocycles. The summed E-state index contributed by atoms with van der Waals surface area (Å²) in [6.45, 7) is -0.182. The Hall–Kier alpha value is -2.29. The SMILES string of the molecule is O=c1[nH]c(=S)n(Cc2cncn2CC(F)F)c2cc[nH]c12. The van der Waals surface area contributed by atoms with Crippen molar-refractivity contribution < 1.29 is 8.78 Å². The van der Waals surface area contributed by atoms with Crippen LogP contribution in [0.25, 0.3) is 11.0 Å². The van der Waals surface area contributed by atoms with E-state index in [4.69, 9.17) is 12.2 Å². The predicted octanol–water partition coefficient (Wildman–Crippen LogP) is 1.90. The molecule has 0 amide bonds. The molecule has 0 bridgehead atoms. The van der Waals surface area contributed by atoms with Crippen LogP contribution >= 0.6 is 12.2 Å². The van der Waals surface area contributed by atoms with E-state index in [2.05, 4.69) is 15.0 Å². The number of hydrogen-bond donors (Lipinski definition) is 2. The van der Waals surface area contributed by atoms with Crippen molar-refractivity contribution in [2.45, 2.75) is 19.5 Å². The second-order valence-corrected chi connectivity index (χ2v) is 4.90. The Kier molecular flexibility index (Phi) is 3.42.